The zero-order chi connectivity index (χ0) is 16.3. The average molecular weight is 312 g/mol. The van der Waals surface area contributed by atoms with Crippen molar-refractivity contribution in [1.29, 1.82) is 0 Å². The molecule has 0 aliphatic heterocycles. The van der Waals surface area contributed by atoms with Gasteiger partial charge >= 0.3 is 0 Å². The van der Waals surface area contributed by atoms with Crippen molar-refractivity contribution in [2.24, 2.45) is 10.7 Å². The van der Waals surface area contributed by atoms with Crippen LogP contribution in [0.2, 0.25) is 0 Å². The van der Waals surface area contributed by atoms with Crippen LogP contribution in [0.5, 0.6) is 5.88 Å². The van der Waals surface area contributed by atoms with Gasteiger partial charge in [0.05, 0.1) is 6.54 Å². The first-order valence-corrected chi connectivity index (χ1v) is 7.93. The monoisotopic (exact) mass is 312 g/mol. The molecule has 0 bridgehead atoms. The Bertz CT molecular complexity index is 613. The lowest BCUT2D eigenvalue weighted by atomic mass is 10.2. The molecule has 2 rings (SSSR count). The van der Waals surface area contributed by atoms with Crippen LogP contribution in [-0.4, -0.2) is 17.5 Å². The summed E-state index contributed by atoms with van der Waals surface area (Å²) >= 11 is 0. The molecule has 23 heavy (non-hydrogen) atoms. The van der Waals surface area contributed by atoms with Gasteiger partial charge in [-0.15, -0.1) is 0 Å². The molecule has 0 radical (unpaired) electrons. The Labute approximate surface area is 137 Å². The van der Waals surface area contributed by atoms with Crippen LogP contribution in [0.3, 0.4) is 0 Å². The van der Waals surface area contributed by atoms with Crippen molar-refractivity contribution in [2.45, 2.75) is 32.9 Å². The van der Waals surface area contributed by atoms with Gasteiger partial charge < -0.3 is 15.8 Å². The summed E-state index contributed by atoms with van der Waals surface area (Å²) < 4.78 is 5.71. The van der Waals surface area contributed by atoms with Crippen molar-refractivity contribution in [3.63, 3.8) is 0 Å². The molecule has 122 valence electrons. The van der Waals surface area contributed by atoms with Gasteiger partial charge in [0.25, 0.3) is 0 Å². The van der Waals surface area contributed by atoms with Gasteiger partial charge in [0, 0.05) is 18.8 Å². The zero-order valence-electron chi connectivity index (χ0n) is 13.5. The molecule has 0 saturated heterocycles. The summed E-state index contributed by atoms with van der Waals surface area (Å²) in [7, 11) is 0. The second-order valence-electron chi connectivity index (χ2n) is 5.26. The molecule has 0 spiro atoms. The highest BCUT2D eigenvalue weighted by molar-refractivity contribution is 5.77. The molecule has 0 unspecified atom stereocenters. The molecule has 0 saturated carbocycles. The van der Waals surface area contributed by atoms with Crippen molar-refractivity contribution < 1.29 is 4.74 Å². The maximum absolute atomic E-state index is 5.83. The fraction of sp³-hybridized carbons (Fsp3) is 0.333. The first kappa shape index (κ1) is 16.8. The highest BCUT2D eigenvalue weighted by Crippen LogP contribution is 2.12. The largest absolute Gasteiger partial charge is 0.473 e. The van der Waals surface area contributed by atoms with Gasteiger partial charge in [-0.1, -0.05) is 43.7 Å². The first-order valence-electron chi connectivity index (χ1n) is 7.93. The van der Waals surface area contributed by atoms with Crippen LogP contribution in [0.15, 0.2) is 53.7 Å². The van der Waals surface area contributed by atoms with Crippen LogP contribution in [0.1, 0.15) is 30.9 Å². The van der Waals surface area contributed by atoms with Gasteiger partial charge in [-0.2, -0.15) is 0 Å². The van der Waals surface area contributed by atoms with E-state index in [1.807, 2.05) is 42.5 Å². The van der Waals surface area contributed by atoms with Crippen LogP contribution in [0.25, 0.3) is 0 Å². The number of nitrogens with zero attached hydrogens (tertiary/aromatic N) is 2. The summed E-state index contributed by atoms with van der Waals surface area (Å²) in [5.74, 6) is 1.07. The normalized spacial score (nSPS) is 11.3. The lowest BCUT2D eigenvalue weighted by Crippen LogP contribution is -2.32. The Morgan fingerprint density at radius 1 is 1.22 bits per heavy atom. The highest BCUT2D eigenvalue weighted by Gasteiger charge is 2.00. The summed E-state index contributed by atoms with van der Waals surface area (Å²) in [5.41, 5.74) is 7.96. The smallest absolute Gasteiger partial charge is 0.213 e. The SMILES string of the molecule is CCCCNC(N)=NCc1ccnc(OCc2ccccc2)c1. The Balaban J connectivity index is 1.85. The number of aromatic nitrogens is 1. The third-order valence-corrected chi connectivity index (χ3v) is 3.30. The number of nitrogens with one attached hydrogen (secondary N) is 1. The lowest BCUT2D eigenvalue weighted by Gasteiger charge is -2.07. The van der Waals surface area contributed by atoms with E-state index in [0.29, 0.717) is 25.0 Å². The summed E-state index contributed by atoms with van der Waals surface area (Å²) in [6.45, 7) is 4.01. The molecule has 0 atom stereocenters. The fourth-order valence-electron chi connectivity index (χ4n) is 1.98. The number of nitrogens with two attached hydrogens (primary N) is 1. The first-order chi connectivity index (χ1) is 11.3. The third-order valence-electron chi connectivity index (χ3n) is 3.30. The van der Waals surface area contributed by atoms with E-state index in [0.717, 1.165) is 30.5 Å². The number of hydrogen-bond donors (Lipinski definition) is 2. The molecule has 0 amide bonds. The number of rotatable bonds is 8. The second kappa shape index (κ2) is 9.46. The number of hydrogen-bond acceptors (Lipinski definition) is 3. The quantitative estimate of drug-likeness (QED) is 0.446. The molecule has 0 fully saturated rings. The topological polar surface area (TPSA) is 72.5 Å². The number of guanidine groups is 1. The number of ether oxygens (including phenoxy) is 1. The minimum absolute atomic E-state index is 0.474. The summed E-state index contributed by atoms with van der Waals surface area (Å²) in [4.78, 5) is 8.55. The van der Waals surface area contributed by atoms with Crippen molar-refractivity contribution >= 4 is 5.96 Å². The molecule has 1 heterocycles. The molecule has 2 aromatic rings. The van der Waals surface area contributed by atoms with E-state index in [2.05, 4.69) is 22.2 Å². The average Bonchev–Trinajstić information content (AvgIpc) is 2.60. The number of pyridine rings is 1. The number of unbranched alkanes of at least 4 members (excludes halogenated alkanes) is 1. The molecular formula is C18H24N4O. The molecule has 3 N–H and O–H groups in total. The van der Waals surface area contributed by atoms with Crippen molar-refractivity contribution in [3.8, 4) is 5.88 Å². The van der Waals surface area contributed by atoms with Gasteiger partial charge in [-0.25, -0.2) is 9.98 Å². The van der Waals surface area contributed by atoms with Gasteiger partial charge in [0.1, 0.15) is 6.61 Å². The number of aliphatic imine (C=N–C) groups is 1. The van der Waals surface area contributed by atoms with Crippen molar-refractivity contribution in [2.75, 3.05) is 6.54 Å². The van der Waals surface area contributed by atoms with Gasteiger partial charge in [-0.3, -0.25) is 0 Å². The standard InChI is InChI=1S/C18H24N4O/c1-2-3-10-21-18(19)22-13-16-9-11-20-17(12-16)23-14-15-7-5-4-6-8-15/h4-9,11-12H,2-3,10,13-14H2,1H3,(H3,19,21,22). The van der Waals surface area contributed by atoms with Crippen LogP contribution >= 0.6 is 0 Å². The number of benzene rings is 1. The molecule has 0 aliphatic rings. The van der Waals surface area contributed by atoms with E-state index in [9.17, 15) is 0 Å². The van der Waals surface area contributed by atoms with Crippen LogP contribution in [-0.2, 0) is 13.2 Å². The molecule has 1 aromatic carbocycles. The molecule has 5 heteroatoms. The second-order valence-corrected chi connectivity index (χ2v) is 5.26. The van der Waals surface area contributed by atoms with E-state index in [1.54, 1.807) is 6.20 Å². The van der Waals surface area contributed by atoms with Gasteiger partial charge in [0.2, 0.25) is 5.88 Å². The molecule has 0 aliphatic carbocycles. The predicted octanol–water partition coefficient (Wildman–Crippen LogP) is 2.87. The Kier molecular flexibility index (Phi) is 6.91. The lowest BCUT2D eigenvalue weighted by molar-refractivity contribution is 0.293. The minimum atomic E-state index is 0.474. The summed E-state index contributed by atoms with van der Waals surface area (Å²) in [6.07, 6.45) is 3.95. The summed E-state index contributed by atoms with van der Waals surface area (Å²) in [5, 5.41) is 3.10. The highest BCUT2D eigenvalue weighted by atomic mass is 16.5. The Morgan fingerprint density at radius 2 is 2.04 bits per heavy atom. The van der Waals surface area contributed by atoms with Crippen molar-refractivity contribution in [3.05, 3.63) is 59.8 Å². The minimum Gasteiger partial charge on any atom is -0.473 e. The van der Waals surface area contributed by atoms with Gasteiger partial charge in [0.15, 0.2) is 5.96 Å². The van der Waals surface area contributed by atoms with E-state index < -0.39 is 0 Å². The van der Waals surface area contributed by atoms with E-state index in [-0.39, 0.29) is 0 Å². The van der Waals surface area contributed by atoms with Crippen LogP contribution in [0.4, 0.5) is 0 Å². The maximum atomic E-state index is 5.83. The molecule has 1 aromatic heterocycles. The van der Waals surface area contributed by atoms with E-state index in [1.165, 1.54) is 0 Å². The molecular weight excluding hydrogens is 288 g/mol. The van der Waals surface area contributed by atoms with Crippen molar-refractivity contribution in [1.82, 2.24) is 10.3 Å². The van der Waals surface area contributed by atoms with Gasteiger partial charge in [-0.05, 0) is 23.6 Å². The third kappa shape index (κ3) is 6.38. The zero-order valence-corrected chi connectivity index (χ0v) is 13.5. The Hall–Kier alpha value is -2.56. The summed E-state index contributed by atoms with van der Waals surface area (Å²) in [6, 6.07) is 13.8. The van der Waals surface area contributed by atoms with Crippen LogP contribution in [0, 0.1) is 0 Å². The van der Waals surface area contributed by atoms with E-state index in [4.69, 9.17) is 10.5 Å². The fourth-order valence-corrected chi connectivity index (χ4v) is 1.98. The van der Waals surface area contributed by atoms with E-state index >= 15 is 0 Å². The molecule has 5 nitrogen and oxygen atoms in total. The predicted molar refractivity (Wildman–Crippen MR) is 93.2 cm³/mol. The van der Waals surface area contributed by atoms with Crippen LogP contribution < -0.4 is 15.8 Å². The Morgan fingerprint density at radius 3 is 2.83 bits per heavy atom. The maximum Gasteiger partial charge on any atom is 0.213 e.